The monoisotopic (exact) mass is 586 g/mol. The quantitative estimate of drug-likeness (QED) is 0.273. The predicted molar refractivity (Wildman–Crippen MR) is 162 cm³/mol. The molecule has 0 saturated heterocycles. The van der Waals surface area contributed by atoms with Crippen molar-refractivity contribution in [2.75, 3.05) is 11.9 Å². The number of nitrogens with one attached hydrogen (secondary N) is 2. The molecule has 0 spiro atoms. The summed E-state index contributed by atoms with van der Waals surface area (Å²) >= 11 is 6.44. The highest BCUT2D eigenvalue weighted by molar-refractivity contribution is 6.34. The number of primary amides is 1. The molecule has 0 bridgehead atoms. The van der Waals surface area contributed by atoms with Gasteiger partial charge in [0, 0.05) is 6.54 Å². The van der Waals surface area contributed by atoms with Crippen LogP contribution >= 0.6 is 11.6 Å². The maximum Gasteiger partial charge on any atom is 0.408 e. The van der Waals surface area contributed by atoms with E-state index in [4.69, 9.17) is 22.1 Å². The lowest BCUT2D eigenvalue weighted by Crippen LogP contribution is -2.54. The van der Waals surface area contributed by atoms with Gasteiger partial charge in [-0.3, -0.25) is 14.4 Å². The lowest BCUT2D eigenvalue weighted by molar-refractivity contribution is -0.142. The first-order chi connectivity index (χ1) is 19.2. The van der Waals surface area contributed by atoms with Gasteiger partial charge in [-0.05, 0) is 76.3 Å². The van der Waals surface area contributed by atoms with Gasteiger partial charge < -0.3 is 26.0 Å². The zero-order valence-electron chi connectivity index (χ0n) is 25.1. The first-order valence-corrected chi connectivity index (χ1v) is 14.2. The number of rotatable bonds is 12. The third kappa shape index (κ3) is 9.78. The van der Waals surface area contributed by atoms with E-state index in [-0.39, 0.29) is 6.54 Å². The zero-order valence-corrected chi connectivity index (χ0v) is 25.9. The Morgan fingerprint density at radius 2 is 1.56 bits per heavy atom. The molecule has 9 nitrogen and oxygen atoms in total. The number of benzene rings is 2. The van der Waals surface area contributed by atoms with Gasteiger partial charge in [-0.15, -0.1) is 0 Å². The van der Waals surface area contributed by atoms with Crippen LogP contribution in [0.3, 0.4) is 0 Å². The fourth-order valence-electron chi connectivity index (χ4n) is 4.62. The molecule has 0 aliphatic heterocycles. The van der Waals surface area contributed by atoms with E-state index in [1.807, 2.05) is 52.0 Å². The first kappa shape index (κ1) is 33.6. The van der Waals surface area contributed by atoms with E-state index >= 15 is 0 Å². The molecular weight excluding hydrogens is 544 g/mol. The molecule has 4 N–H and O–H groups in total. The molecule has 2 rings (SSSR count). The van der Waals surface area contributed by atoms with Crippen LogP contribution in [-0.4, -0.2) is 46.9 Å². The minimum atomic E-state index is -1.34. The van der Waals surface area contributed by atoms with Gasteiger partial charge in [0.25, 0.3) is 5.91 Å². The van der Waals surface area contributed by atoms with Gasteiger partial charge in [-0.2, -0.15) is 0 Å². The topological polar surface area (TPSA) is 131 Å². The second-order valence-electron chi connectivity index (χ2n) is 11.2. The molecule has 0 saturated carbocycles. The van der Waals surface area contributed by atoms with Crippen LogP contribution in [-0.2, 0) is 19.1 Å². The number of anilines is 1. The molecule has 0 radical (unpaired) electrons. The number of para-hydroxylation sites is 1. The van der Waals surface area contributed by atoms with Gasteiger partial charge in [0.05, 0.1) is 17.1 Å². The van der Waals surface area contributed by atoms with Crippen molar-refractivity contribution in [3.63, 3.8) is 0 Å². The molecule has 0 fully saturated rings. The number of nitrogens with zero attached hydrogens (tertiary/aromatic N) is 1. The predicted octanol–water partition coefficient (Wildman–Crippen LogP) is 5.73. The molecule has 0 aliphatic rings. The molecule has 4 amide bonds. The summed E-state index contributed by atoms with van der Waals surface area (Å²) in [6.45, 7) is 12.9. The summed E-state index contributed by atoms with van der Waals surface area (Å²) in [5, 5.41) is 5.81. The maximum atomic E-state index is 14.2. The molecule has 224 valence electrons. The lowest BCUT2D eigenvalue weighted by Gasteiger charge is -2.35. The van der Waals surface area contributed by atoms with Crippen LogP contribution in [0.5, 0.6) is 0 Å². The van der Waals surface area contributed by atoms with Gasteiger partial charge in [0.1, 0.15) is 17.7 Å². The standard InChI is InChI=1S/C31H43ClN4O5/c1-8-9-10-17-36(29(39)23(18-24(33)37)34-30(40)41-31(5,6)7)27(25-19(2)13-11-14-20(25)3)28(38)35-26-21(4)15-12-16-22(26)32/h11-16,23,27H,8-10,17-18H2,1-7H3,(H2,33,37)(H,34,40)(H,35,38). The van der Waals surface area contributed by atoms with E-state index in [9.17, 15) is 19.2 Å². The summed E-state index contributed by atoms with van der Waals surface area (Å²) in [6.07, 6.45) is 0.937. The van der Waals surface area contributed by atoms with Gasteiger partial charge in [-0.25, -0.2) is 4.79 Å². The maximum absolute atomic E-state index is 14.2. The van der Waals surface area contributed by atoms with E-state index in [0.29, 0.717) is 22.7 Å². The Kier molecular flexibility index (Phi) is 12.2. The van der Waals surface area contributed by atoms with Crippen molar-refractivity contribution in [1.82, 2.24) is 10.2 Å². The van der Waals surface area contributed by atoms with E-state index in [2.05, 4.69) is 10.6 Å². The molecule has 2 aromatic carbocycles. The first-order valence-electron chi connectivity index (χ1n) is 13.9. The van der Waals surface area contributed by atoms with Crippen LogP contribution < -0.4 is 16.4 Å². The van der Waals surface area contributed by atoms with Gasteiger partial charge >= 0.3 is 6.09 Å². The summed E-state index contributed by atoms with van der Waals surface area (Å²) in [6, 6.07) is 8.48. The van der Waals surface area contributed by atoms with Crippen LogP contribution in [0.25, 0.3) is 0 Å². The SMILES string of the molecule is CCCCCN(C(=O)C(CC(N)=O)NC(=O)OC(C)(C)C)C(C(=O)Nc1c(C)cccc1Cl)c1c(C)cccc1C. The molecule has 2 unspecified atom stereocenters. The summed E-state index contributed by atoms with van der Waals surface area (Å²) in [4.78, 5) is 54.6. The number of amides is 4. The second-order valence-corrected chi connectivity index (χ2v) is 11.6. The lowest BCUT2D eigenvalue weighted by atomic mass is 9.93. The van der Waals surface area contributed by atoms with Crippen LogP contribution in [0, 0.1) is 20.8 Å². The molecular formula is C31H43ClN4O5. The summed E-state index contributed by atoms with van der Waals surface area (Å²) < 4.78 is 5.35. The summed E-state index contributed by atoms with van der Waals surface area (Å²) in [7, 11) is 0. The van der Waals surface area contributed by atoms with Crippen molar-refractivity contribution < 1.29 is 23.9 Å². The minimum absolute atomic E-state index is 0.200. The number of carbonyl (C=O) groups is 4. The number of unbranched alkanes of at least 4 members (excludes halogenated alkanes) is 2. The fraction of sp³-hybridized carbons (Fsp3) is 0.484. The average molecular weight is 587 g/mol. The van der Waals surface area contributed by atoms with Crippen molar-refractivity contribution >= 4 is 41.1 Å². The number of halogens is 1. The minimum Gasteiger partial charge on any atom is -0.444 e. The number of hydrogen-bond donors (Lipinski definition) is 3. The summed E-state index contributed by atoms with van der Waals surface area (Å²) in [5.41, 5.74) is 8.12. The van der Waals surface area contributed by atoms with E-state index in [1.165, 1.54) is 4.90 Å². The van der Waals surface area contributed by atoms with Crippen molar-refractivity contribution in [2.24, 2.45) is 5.73 Å². The Labute approximate surface area is 248 Å². The van der Waals surface area contributed by atoms with Gasteiger partial charge in [0.15, 0.2) is 0 Å². The number of ether oxygens (including phenoxy) is 1. The number of carbonyl (C=O) groups excluding carboxylic acids is 4. The molecule has 0 heterocycles. The molecule has 10 heteroatoms. The average Bonchev–Trinajstić information content (AvgIpc) is 2.85. The van der Waals surface area contributed by atoms with Crippen LogP contribution in [0.2, 0.25) is 5.02 Å². The van der Waals surface area contributed by atoms with E-state index in [0.717, 1.165) is 29.5 Å². The van der Waals surface area contributed by atoms with Crippen molar-refractivity contribution in [2.45, 2.75) is 91.8 Å². The Morgan fingerprint density at radius 3 is 2.10 bits per heavy atom. The van der Waals surface area contributed by atoms with Crippen LogP contribution in [0.15, 0.2) is 36.4 Å². The number of hydrogen-bond acceptors (Lipinski definition) is 5. The molecule has 0 aromatic heterocycles. The number of aryl methyl sites for hydroxylation is 3. The highest BCUT2D eigenvalue weighted by atomic mass is 35.5. The van der Waals surface area contributed by atoms with E-state index in [1.54, 1.807) is 32.9 Å². The largest absolute Gasteiger partial charge is 0.444 e. The Hall–Kier alpha value is -3.59. The van der Waals surface area contributed by atoms with Crippen LogP contribution in [0.4, 0.5) is 10.5 Å². The third-order valence-electron chi connectivity index (χ3n) is 6.53. The molecule has 2 atom stereocenters. The van der Waals surface area contributed by atoms with Gasteiger partial charge in [0.2, 0.25) is 11.8 Å². The number of nitrogens with two attached hydrogens (primary N) is 1. The third-order valence-corrected chi connectivity index (χ3v) is 6.84. The molecule has 41 heavy (non-hydrogen) atoms. The highest BCUT2D eigenvalue weighted by Crippen LogP contribution is 2.32. The second kappa shape index (κ2) is 14.9. The molecule has 0 aliphatic carbocycles. The zero-order chi connectivity index (χ0) is 30.9. The number of alkyl carbamates (subject to hydrolysis) is 1. The van der Waals surface area contributed by atoms with Gasteiger partial charge in [-0.1, -0.05) is 61.7 Å². The highest BCUT2D eigenvalue weighted by Gasteiger charge is 2.38. The normalized spacial score (nSPS) is 12.7. The van der Waals surface area contributed by atoms with Crippen molar-refractivity contribution in [3.05, 3.63) is 63.7 Å². The molecule has 2 aromatic rings. The van der Waals surface area contributed by atoms with Crippen molar-refractivity contribution in [3.8, 4) is 0 Å². The Morgan fingerprint density at radius 1 is 0.976 bits per heavy atom. The Bertz CT molecular complexity index is 1220. The Balaban J connectivity index is 2.66. The fourth-order valence-corrected chi connectivity index (χ4v) is 4.89. The van der Waals surface area contributed by atoms with Crippen LogP contribution in [0.1, 0.15) is 81.7 Å². The summed E-state index contributed by atoms with van der Waals surface area (Å²) in [5.74, 6) is -1.88. The smallest absolute Gasteiger partial charge is 0.408 e. The van der Waals surface area contributed by atoms with E-state index < -0.39 is 47.9 Å². The van der Waals surface area contributed by atoms with Crippen molar-refractivity contribution in [1.29, 1.82) is 0 Å².